The Morgan fingerprint density at radius 2 is 2.28 bits per heavy atom. The van der Waals surface area contributed by atoms with Gasteiger partial charge >= 0.3 is 5.97 Å². The fraction of sp³-hybridized carbons (Fsp3) is 0.231. The minimum absolute atomic E-state index is 0.388. The maximum Gasteiger partial charge on any atom is 0.357 e. The van der Waals surface area contributed by atoms with Crippen molar-refractivity contribution in [3.63, 3.8) is 0 Å². The number of rotatable bonds is 3. The first-order valence-electron chi connectivity index (χ1n) is 5.46. The van der Waals surface area contributed by atoms with Gasteiger partial charge in [0.05, 0.1) is 7.11 Å². The van der Waals surface area contributed by atoms with Crippen LogP contribution in [0.15, 0.2) is 33.8 Å². The lowest BCUT2D eigenvalue weighted by atomic mass is 10.1. The van der Waals surface area contributed by atoms with E-state index in [0.29, 0.717) is 5.69 Å². The van der Waals surface area contributed by atoms with Gasteiger partial charge in [0, 0.05) is 21.0 Å². The number of hydrogen-bond acceptors (Lipinski definition) is 4. The molecule has 0 aliphatic carbocycles. The zero-order chi connectivity index (χ0) is 13.1. The molecule has 0 bridgehead atoms. The molecule has 0 unspecified atom stereocenters. The number of esters is 1. The van der Waals surface area contributed by atoms with Crippen LogP contribution in [0.1, 0.15) is 17.4 Å². The molecule has 0 atom stereocenters. The van der Waals surface area contributed by atoms with Crippen molar-refractivity contribution in [3.05, 3.63) is 34.6 Å². The average Bonchev–Trinajstić information content (AvgIpc) is 2.38. The Bertz CT molecular complexity index is 601. The van der Waals surface area contributed by atoms with E-state index in [-0.39, 0.29) is 0 Å². The van der Waals surface area contributed by atoms with Crippen molar-refractivity contribution in [1.29, 1.82) is 0 Å². The lowest BCUT2D eigenvalue weighted by molar-refractivity contribution is 0.0590. The molecule has 0 saturated carbocycles. The monoisotopic (exact) mass is 325 g/mol. The highest BCUT2D eigenvalue weighted by Gasteiger charge is 2.16. The normalized spacial score (nSPS) is 10.6. The minimum Gasteiger partial charge on any atom is -0.464 e. The third-order valence-corrected chi connectivity index (χ3v) is 3.96. The van der Waals surface area contributed by atoms with E-state index in [1.807, 2.05) is 25.1 Å². The molecule has 0 aliphatic rings. The van der Waals surface area contributed by atoms with Gasteiger partial charge in [0.15, 0.2) is 5.69 Å². The van der Waals surface area contributed by atoms with E-state index in [9.17, 15) is 4.79 Å². The van der Waals surface area contributed by atoms with E-state index in [1.54, 1.807) is 18.0 Å². The summed E-state index contributed by atoms with van der Waals surface area (Å²) in [4.78, 5) is 16.8. The Hall–Kier alpha value is -1.07. The minimum atomic E-state index is -0.393. The summed E-state index contributed by atoms with van der Waals surface area (Å²) in [5.41, 5.74) is 0.388. The molecular weight excluding hydrogens is 314 g/mol. The standard InChI is InChI=1S/C13H12BrNO2S/c1-3-18-12-10-5-4-9(14)6-8(10)7-15-11(12)13(16)17-2/h4-7H,3H2,1-2H3. The van der Waals surface area contributed by atoms with Gasteiger partial charge in [0.25, 0.3) is 0 Å². The van der Waals surface area contributed by atoms with Crippen LogP contribution in [0.3, 0.4) is 0 Å². The van der Waals surface area contributed by atoms with Crippen LogP contribution in [0.5, 0.6) is 0 Å². The van der Waals surface area contributed by atoms with E-state index in [4.69, 9.17) is 4.74 Å². The second-order valence-electron chi connectivity index (χ2n) is 3.59. The van der Waals surface area contributed by atoms with E-state index >= 15 is 0 Å². The number of pyridine rings is 1. The lowest BCUT2D eigenvalue weighted by Crippen LogP contribution is -2.06. The molecule has 2 rings (SSSR count). The van der Waals surface area contributed by atoms with Gasteiger partial charge in [-0.2, -0.15) is 0 Å². The molecule has 1 aromatic heterocycles. The number of benzene rings is 1. The van der Waals surface area contributed by atoms with Crippen molar-refractivity contribution in [1.82, 2.24) is 4.98 Å². The van der Waals surface area contributed by atoms with Crippen molar-refractivity contribution in [2.75, 3.05) is 12.9 Å². The molecule has 18 heavy (non-hydrogen) atoms. The molecule has 0 saturated heterocycles. The summed E-state index contributed by atoms with van der Waals surface area (Å²) in [5, 5.41) is 2.04. The van der Waals surface area contributed by atoms with Gasteiger partial charge < -0.3 is 4.74 Å². The number of fused-ring (bicyclic) bond motifs is 1. The molecule has 0 N–H and O–H groups in total. The molecule has 0 fully saturated rings. The summed E-state index contributed by atoms with van der Waals surface area (Å²) < 4.78 is 5.77. The summed E-state index contributed by atoms with van der Waals surface area (Å²) in [5.74, 6) is 0.483. The smallest absolute Gasteiger partial charge is 0.357 e. The van der Waals surface area contributed by atoms with Gasteiger partial charge in [-0.25, -0.2) is 9.78 Å². The van der Waals surface area contributed by atoms with Crippen LogP contribution in [-0.2, 0) is 4.74 Å². The highest BCUT2D eigenvalue weighted by atomic mass is 79.9. The predicted molar refractivity (Wildman–Crippen MR) is 77.2 cm³/mol. The molecule has 1 aromatic carbocycles. The first-order valence-corrected chi connectivity index (χ1v) is 7.24. The summed E-state index contributed by atoms with van der Waals surface area (Å²) in [6, 6.07) is 5.94. The van der Waals surface area contributed by atoms with Crippen LogP contribution in [0.2, 0.25) is 0 Å². The van der Waals surface area contributed by atoms with Crippen LogP contribution in [-0.4, -0.2) is 23.8 Å². The molecule has 5 heteroatoms. The molecule has 0 radical (unpaired) electrons. The number of carbonyl (C=O) groups excluding carboxylic acids is 1. The molecule has 3 nitrogen and oxygen atoms in total. The maximum absolute atomic E-state index is 11.7. The highest BCUT2D eigenvalue weighted by Crippen LogP contribution is 2.31. The van der Waals surface area contributed by atoms with Gasteiger partial charge in [0.1, 0.15) is 0 Å². The predicted octanol–water partition coefficient (Wildman–Crippen LogP) is 3.90. The van der Waals surface area contributed by atoms with Gasteiger partial charge in [-0.3, -0.25) is 0 Å². The SMILES string of the molecule is CCSc1c(C(=O)OC)ncc2cc(Br)ccc12. The molecular formula is C13H12BrNO2S. The zero-order valence-electron chi connectivity index (χ0n) is 10.1. The third-order valence-electron chi connectivity index (χ3n) is 2.47. The van der Waals surface area contributed by atoms with E-state index in [1.165, 1.54) is 7.11 Å². The topological polar surface area (TPSA) is 39.2 Å². The fourth-order valence-corrected chi connectivity index (χ4v) is 2.98. The summed E-state index contributed by atoms with van der Waals surface area (Å²) in [6.07, 6.45) is 1.70. The molecule has 0 aliphatic heterocycles. The van der Waals surface area contributed by atoms with Crippen molar-refractivity contribution in [3.8, 4) is 0 Å². The second-order valence-corrected chi connectivity index (χ2v) is 5.78. The molecule has 0 amide bonds. The first kappa shape index (κ1) is 13.4. The van der Waals surface area contributed by atoms with Crippen molar-refractivity contribution >= 4 is 44.4 Å². The van der Waals surface area contributed by atoms with E-state index in [0.717, 1.165) is 25.9 Å². The lowest BCUT2D eigenvalue weighted by Gasteiger charge is -2.09. The number of hydrogen-bond donors (Lipinski definition) is 0. The second kappa shape index (κ2) is 5.71. The largest absolute Gasteiger partial charge is 0.464 e. The third kappa shape index (κ3) is 2.52. The number of aromatic nitrogens is 1. The number of halogens is 1. The number of carbonyl (C=O) groups is 1. The molecule has 2 aromatic rings. The van der Waals surface area contributed by atoms with Crippen molar-refractivity contribution in [2.45, 2.75) is 11.8 Å². The van der Waals surface area contributed by atoms with Gasteiger partial charge in [-0.1, -0.05) is 28.9 Å². The maximum atomic E-state index is 11.7. The Labute approximate surface area is 118 Å². The highest BCUT2D eigenvalue weighted by molar-refractivity contribution is 9.10. The van der Waals surface area contributed by atoms with Crippen LogP contribution >= 0.6 is 27.7 Å². The van der Waals surface area contributed by atoms with Gasteiger partial charge in [-0.15, -0.1) is 11.8 Å². The van der Waals surface area contributed by atoms with Crippen LogP contribution in [0.25, 0.3) is 10.8 Å². The van der Waals surface area contributed by atoms with E-state index in [2.05, 4.69) is 20.9 Å². The first-order chi connectivity index (χ1) is 8.67. The fourth-order valence-electron chi connectivity index (χ4n) is 1.70. The van der Waals surface area contributed by atoms with Crippen molar-refractivity contribution in [2.24, 2.45) is 0 Å². The Balaban J connectivity index is 2.69. The summed E-state index contributed by atoms with van der Waals surface area (Å²) in [6.45, 7) is 2.05. The molecule has 1 heterocycles. The summed E-state index contributed by atoms with van der Waals surface area (Å²) >= 11 is 5.03. The quantitative estimate of drug-likeness (QED) is 0.633. The average molecular weight is 326 g/mol. The number of thioether (sulfide) groups is 1. The number of ether oxygens (including phenoxy) is 1. The van der Waals surface area contributed by atoms with Gasteiger partial charge in [0.2, 0.25) is 0 Å². The molecule has 0 spiro atoms. The molecule has 94 valence electrons. The van der Waals surface area contributed by atoms with Crippen LogP contribution in [0, 0.1) is 0 Å². The number of methoxy groups -OCH3 is 1. The Morgan fingerprint density at radius 3 is 2.94 bits per heavy atom. The Kier molecular flexibility index (Phi) is 4.24. The number of nitrogens with zero attached hydrogens (tertiary/aromatic N) is 1. The zero-order valence-corrected chi connectivity index (χ0v) is 12.5. The van der Waals surface area contributed by atoms with E-state index < -0.39 is 5.97 Å². The van der Waals surface area contributed by atoms with Crippen LogP contribution in [0.4, 0.5) is 0 Å². The summed E-state index contributed by atoms with van der Waals surface area (Å²) in [7, 11) is 1.37. The Morgan fingerprint density at radius 1 is 1.50 bits per heavy atom. The van der Waals surface area contributed by atoms with Crippen molar-refractivity contribution < 1.29 is 9.53 Å². The van der Waals surface area contributed by atoms with Gasteiger partial charge in [-0.05, 0) is 23.3 Å². The van der Waals surface area contributed by atoms with Crippen LogP contribution < -0.4 is 0 Å².